The molecular formula is C11H10BrFN2O3. The van der Waals surface area contributed by atoms with Crippen molar-refractivity contribution in [1.82, 2.24) is 5.16 Å². The summed E-state index contributed by atoms with van der Waals surface area (Å²) in [5, 5.41) is 3.67. The number of anilines is 1. The minimum Gasteiger partial charge on any atom is -0.493 e. The van der Waals surface area contributed by atoms with E-state index in [0.29, 0.717) is 4.47 Å². The first-order valence-corrected chi connectivity index (χ1v) is 5.70. The van der Waals surface area contributed by atoms with Crippen LogP contribution >= 0.6 is 15.9 Å². The molecule has 2 N–H and O–H groups in total. The Kier molecular flexibility index (Phi) is 3.42. The number of nitrogen functional groups attached to an aromatic ring is 1. The van der Waals surface area contributed by atoms with E-state index in [-0.39, 0.29) is 28.6 Å². The molecule has 0 unspecified atom stereocenters. The highest BCUT2D eigenvalue weighted by Gasteiger charge is 2.22. The minimum absolute atomic E-state index is 0.00253. The van der Waals surface area contributed by atoms with Crippen molar-refractivity contribution in [3.8, 4) is 22.8 Å². The normalized spacial score (nSPS) is 10.4. The van der Waals surface area contributed by atoms with Crippen molar-refractivity contribution in [3.05, 3.63) is 22.4 Å². The van der Waals surface area contributed by atoms with Gasteiger partial charge in [0.05, 0.1) is 19.8 Å². The van der Waals surface area contributed by atoms with E-state index in [1.807, 2.05) is 0 Å². The summed E-state index contributed by atoms with van der Waals surface area (Å²) in [5.74, 6) is -0.220. The maximum Gasteiger partial charge on any atom is 0.222 e. The van der Waals surface area contributed by atoms with Crippen LogP contribution in [0.5, 0.6) is 11.5 Å². The Balaban J connectivity index is 2.68. The van der Waals surface area contributed by atoms with Crippen molar-refractivity contribution in [2.45, 2.75) is 0 Å². The van der Waals surface area contributed by atoms with Crippen LogP contribution in [0.4, 0.5) is 10.3 Å². The van der Waals surface area contributed by atoms with Gasteiger partial charge in [-0.2, -0.15) is 0 Å². The quantitative estimate of drug-likeness (QED) is 0.942. The molecule has 1 heterocycles. The monoisotopic (exact) mass is 316 g/mol. The zero-order valence-corrected chi connectivity index (χ0v) is 11.2. The summed E-state index contributed by atoms with van der Waals surface area (Å²) in [6.07, 6.45) is 0. The fourth-order valence-corrected chi connectivity index (χ4v) is 2.15. The van der Waals surface area contributed by atoms with Crippen molar-refractivity contribution in [1.29, 1.82) is 0 Å². The van der Waals surface area contributed by atoms with Crippen molar-refractivity contribution in [2.75, 3.05) is 20.0 Å². The van der Waals surface area contributed by atoms with Gasteiger partial charge in [0.25, 0.3) is 0 Å². The minimum atomic E-state index is -0.600. The molecular weight excluding hydrogens is 307 g/mol. The first-order chi connectivity index (χ1) is 8.58. The Bertz CT molecular complexity index is 586. The topological polar surface area (TPSA) is 70.5 Å². The fraction of sp³-hybridized carbons (Fsp3) is 0.182. The number of nitrogens with zero attached hydrogens (tertiary/aromatic N) is 1. The third-order valence-corrected chi connectivity index (χ3v) is 2.97. The number of ether oxygens (including phenoxy) is 2. The van der Waals surface area contributed by atoms with E-state index in [0.717, 1.165) is 0 Å². The molecule has 0 fully saturated rings. The molecule has 5 nitrogen and oxygen atoms in total. The molecule has 7 heteroatoms. The van der Waals surface area contributed by atoms with Gasteiger partial charge in [0.15, 0.2) is 17.3 Å². The first-order valence-electron chi connectivity index (χ1n) is 4.91. The Morgan fingerprint density at radius 2 is 2.06 bits per heavy atom. The molecule has 1 aromatic carbocycles. The molecule has 0 saturated carbocycles. The second-order valence-electron chi connectivity index (χ2n) is 3.40. The van der Waals surface area contributed by atoms with E-state index in [1.165, 1.54) is 20.3 Å². The van der Waals surface area contributed by atoms with Gasteiger partial charge in [-0.15, -0.1) is 0 Å². The average Bonchev–Trinajstić information content (AvgIpc) is 2.75. The van der Waals surface area contributed by atoms with Crippen LogP contribution in [0, 0.1) is 5.82 Å². The Morgan fingerprint density at radius 1 is 1.33 bits per heavy atom. The highest BCUT2D eigenvalue weighted by Crippen LogP contribution is 2.41. The fourth-order valence-electron chi connectivity index (χ4n) is 1.56. The standard InChI is InChI=1S/C11H10BrFN2O3/c1-16-7-3-5(12)9(10(13)11(7)17-2)6-4-8(14)18-15-6/h3-4H,14H2,1-2H3. The summed E-state index contributed by atoms with van der Waals surface area (Å²) < 4.78 is 29.5. The number of halogens is 2. The van der Waals surface area contributed by atoms with E-state index in [1.54, 1.807) is 6.07 Å². The average molecular weight is 317 g/mol. The van der Waals surface area contributed by atoms with E-state index < -0.39 is 5.82 Å². The molecule has 0 bridgehead atoms. The van der Waals surface area contributed by atoms with Gasteiger partial charge in [-0.25, -0.2) is 4.39 Å². The summed E-state index contributed by atoms with van der Waals surface area (Å²) in [4.78, 5) is 0. The van der Waals surface area contributed by atoms with Crippen LogP contribution in [0.15, 0.2) is 21.1 Å². The largest absolute Gasteiger partial charge is 0.493 e. The highest BCUT2D eigenvalue weighted by atomic mass is 79.9. The summed E-state index contributed by atoms with van der Waals surface area (Å²) in [5.41, 5.74) is 5.90. The van der Waals surface area contributed by atoms with Crippen LogP contribution in [0.25, 0.3) is 11.3 Å². The van der Waals surface area contributed by atoms with Gasteiger partial charge in [0, 0.05) is 10.5 Å². The van der Waals surface area contributed by atoms with Gasteiger partial charge < -0.3 is 19.7 Å². The Morgan fingerprint density at radius 3 is 2.56 bits per heavy atom. The lowest BCUT2D eigenvalue weighted by Crippen LogP contribution is -1.97. The van der Waals surface area contributed by atoms with Crippen molar-refractivity contribution >= 4 is 21.8 Å². The molecule has 0 aliphatic heterocycles. The van der Waals surface area contributed by atoms with Crippen molar-refractivity contribution in [2.24, 2.45) is 0 Å². The maximum absolute atomic E-state index is 14.3. The number of methoxy groups -OCH3 is 2. The summed E-state index contributed by atoms with van der Waals surface area (Å²) in [7, 11) is 2.78. The van der Waals surface area contributed by atoms with Crippen LogP contribution in [0.2, 0.25) is 0 Å². The van der Waals surface area contributed by atoms with Crippen LogP contribution in [-0.2, 0) is 0 Å². The molecule has 0 saturated heterocycles. The molecule has 0 spiro atoms. The molecule has 0 radical (unpaired) electrons. The van der Waals surface area contributed by atoms with E-state index >= 15 is 0 Å². The van der Waals surface area contributed by atoms with Gasteiger partial charge >= 0.3 is 0 Å². The predicted octanol–water partition coefficient (Wildman–Crippen LogP) is 2.84. The zero-order chi connectivity index (χ0) is 13.3. The molecule has 96 valence electrons. The Hall–Kier alpha value is -1.76. The van der Waals surface area contributed by atoms with Crippen LogP contribution in [-0.4, -0.2) is 19.4 Å². The highest BCUT2D eigenvalue weighted by molar-refractivity contribution is 9.10. The van der Waals surface area contributed by atoms with Gasteiger partial charge in [0.1, 0.15) is 5.69 Å². The molecule has 2 rings (SSSR count). The number of hydrogen-bond donors (Lipinski definition) is 1. The van der Waals surface area contributed by atoms with Crippen molar-refractivity contribution < 1.29 is 18.4 Å². The van der Waals surface area contributed by atoms with E-state index in [9.17, 15) is 4.39 Å². The summed E-state index contributed by atoms with van der Waals surface area (Å²) in [6.45, 7) is 0. The molecule has 18 heavy (non-hydrogen) atoms. The summed E-state index contributed by atoms with van der Waals surface area (Å²) in [6, 6.07) is 3.01. The molecule has 2 aromatic rings. The predicted molar refractivity (Wildman–Crippen MR) is 67.1 cm³/mol. The van der Waals surface area contributed by atoms with Gasteiger partial charge in [0.2, 0.25) is 5.88 Å². The van der Waals surface area contributed by atoms with Gasteiger partial charge in [-0.3, -0.25) is 0 Å². The smallest absolute Gasteiger partial charge is 0.222 e. The molecule has 0 atom stereocenters. The van der Waals surface area contributed by atoms with Crippen LogP contribution in [0.3, 0.4) is 0 Å². The molecule has 1 aromatic heterocycles. The lowest BCUT2D eigenvalue weighted by Gasteiger charge is -2.12. The number of rotatable bonds is 3. The van der Waals surface area contributed by atoms with E-state index in [2.05, 4.69) is 21.1 Å². The maximum atomic E-state index is 14.3. The zero-order valence-electron chi connectivity index (χ0n) is 9.66. The molecule has 0 aliphatic rings. The lowest BCUT2D eigenvalue weighted by molar-refractivity contribution is 0.337. The second kappa shape index (κ2) is 4.85. The third kappa shape index (κ3) is 2.01. The van der Waals surface area contributed by atoms with Crippen LogP contribution in [0.1, 0.15) is 0 Å². The number of benzene rings is 1. The Labute approximate surface area is 111 Å². The first kappa shape index (κ1) is 12.7. The van der Waals surface area contributed by atoms with Gasteiger partial charge in [-0.05, 0) is 22.0 Å². The van der Waals surface area contributed by atoms with Gasteiger partial charge in [-0.1, -0.05) is 5.16 Å². The molecule has 0 aliphatic carbocycles. The lowest BCUT2D eigenvalue weighted by atomic mass is 10.1. The number of hydrogen-bond acceptors (Lipinski definition) is 5. The molecule has 0 amide bonds. The SMILES string of the molecule is COc1cc(Br)c(-c2cc(N)on2)c(F)c1OC. The van der Waals surface area contributed by atoms with E-state index in [4.69, 9.17) is 19.7 Å². The van der Waals surface area contributed by atoms with Crippen LogP contribution < -0.4 is 15.2 Å². The number of nitrogens with two attached hydrogens (primary N) is 1. The summed E-state index contributed by atoms with van der Waals surface area (Å²) >= 11 is 3.25. The second-order valence-corrected chi connectivity index (χ2v) is 4.25. The third-order valence-electron chi connectivity index (χ3n) is 2.35. The number of aromatic nitrogens is 1. The van der Waals surface area contributed by atoms with Crippen molar-refractivity contribution in [3.63, 3.8) is 0 Å².